The molecule has 2 aliphatic heterocycles. The molecule has 1 aromatic heterocycles. The first-order chi connectivity index (χ1) is 16.8. The van der Waals surface area contributed by atoms with Crippen LogP contribution in [0.1, 0.15) is 41.0 Å². The van der Waals surface area contributed by atoms with Crippen LogP contribution in [0.25, 0.3) is 5.69 Å². The van der Waals surface area contributed by atoms with Gasteiger partial charge in [0.05, 0.1) is 12.8 Å². The van der Waals surface area contributed by atoms with Crippen molar-refractivity contribution in [1.29, 1.82) is 0 Å². The number of piperidine rings is 1. The summed E-state index contributed by atoms with van der Waals surface area (Å²) in [4.78, 5) is 28.9. The van der Waals surface area contributed by atoms with Gasteiger partial charge in [-0.1, -0.05) is 0 Å². The Morgan fingerprint density at radius 3 is 2.06 bits per heavy atom. The summed E-state index contributed by atoms with van der Waals surface area (Å²) in [6, 6.07) is 13.3. The zero-order chi connectivity index (χ0) is 24.7. The predicted octanol–water partition coefficient (Wildman–Crippen LogP) is 4.62. The first-order valence-corrected chi connectivity index (χ1v) is 11.3. The fourth-order valence-corrected chi connectivity index (χ4v) is 4.64. The van der Waals surface area contributed by atoms with Crippen molar-refractivity contribution in [3.05, 3.63) is 65.5 Å². The molecule has 0 unspecified atom stereocenters. The number of aromatic nitrogens is 2. The summed E-state index contributed by atoms with van der Waals surface area (Å²) in [5, 5.41) is 3.81. The number of anilines is 2. The number of hydrogen-bond acceptors (Lipinski definition) is 4. The van der Waals surface area contributed by atoms with Crippen LogP contribution in [0.5, 0.6) is 5.75 Å². The Balaban J connectivity index is 1.51. The van der Waals surface area contributed by atoms with Gasteiger partial charge in [-0.25, -0.2) is 4.68 Å². The Morgan fingerprint density at radius 1 is 0.829 bits per heavy atom. The number of carbonyl (C=O) groups excluding carboxylic acids is 2. The molecule has 5 rings (SSSR count). The van der Waals surface area contributed by atoms with E-state index in [1.165, 1.54) is 12.0 Å². The number of alkyl halides is 3. The van der Waals surface area contributed by atoms with Gasteiger partial charge in [-0.15, -0.1) is 0 Å². The molecular formula is C25H23F3N4O3. The molecule has 3 heterocycles. The van der Waals surface area contributed by atoms with E-state index in [2.05, 4.69) is 5.10 Å². The minimum atomic E-state index is -4.69. The Kier molecular flexibility index (Phi) is 5.74. The topological polar surface area (TPSA) is 67.7 Å². The Labute approximate surface area is 199 Å². The standard InChI is InChI=1S/C25H23F3N4O3/c1-35-19-11-9-18(10-12-19)32-22-20(23(29-32)25(26,27)28)13-15-31(24(22)34)17-7-5-16(6-8-17)30-14-3-2-4-21(30)33/h5-12H,2-4,13-15H2,1H3. The highest BCUT2D eigenvalue weighted by molar-refractivity contribution is 6.07. The van der Waals surface area contributed by atoms with Crippen LogP contribution in [0.15, 0.2) is 48.5 Å². The van der Waals surface area contributed by atoms with Crippen LogP contribution < -0.4 is 14.5 Å². The number of ether oxygens (including phenoxy) is 1. The van der Waals surface area contributed by atoms with Gasteiger partial charge in [-0.3, -0.25) is 9.59 Å². The number of halogens is 3. The van der Waals surface area contributed by atoms with E-state index in [0.717, 1.165) is 23.2 Å². The molecule has 1 fully saturated rings. The maximum Gasteiger partial charge on any atom is 0.435 e. The largest absolute Gasteiger partial charge is 0.497 e. The summed E-state index contributed by atoms with van der Waals surface area (Å²) >= 11 is 0. The summed E-state index contributed by atoms with van der Waals surface area (Å²) in [5.74, 6) is 0.0312. The van der Waals surface area contributed by atoms with E-state index < -0.39 is 17.8 Å². The minimum absolute atomic E-state index is 0.0123. The third-order valence-electron chi connectivity index (χ3n) is 6.40. The van der Waals surface area contributed by atoms with Gasteiger partial charge < -0.3 is 14.5 Å². The SMILES string of the molecule is COc1ccc(-n2nc(C(F)(F)F)c3c2C(=O)N(c2ccc(N4CCCCC4=O)cc2)CC3)cc1. The van der Waals surface area contributed by atoms with Crippen LogP contribution in [-0.2, 0) is 17.4 Å². The summed E-state index contributed by atoms with van der Waals surface area (Å²) < 4.78 is 47.5. The van der Waals surface area contributed by atoms with Crippen LogP contribution in [0.2, 0.25) is 0 Å². The normalized spacial score (nSPS) is 16.5. The van der Waals surface area contributed by atoms with Crippen LogP contribution in [0.4, 0.5) is 24.5 Å². The van der Waals surface area contributed by atoms with E-state index in [1.54, 1.807) is 53.4 Å². The van der Waals surface area contributed by atoms with Crippen LogP contribution >= 0.6 is 0 Å². The molecule has 0 saturated carbocycles. The van der Waals surface area contributed by atoms with Gasteiger partial charge in [-0.05, 0) is 67.8 Å². The second-order valence-electron chi connectivity index (χ2n) is 8.51. The molecule has 2 aromatic carbocycles. The molecule has 2 aliphatic rings. The average Bonchev–Trinajstić information content (AvgIpc) is 3.26. The molecule has 7 nitrogen and oxygen atoms in total. The lowest BCUT2D eigenvalue weighted by molar-refractivity contribution is -0.142. The molecule has 2 amide bonds. The molecule has 182 valence electrons. The molecular weight excluding hydrogens is 461 g/mol. The van der Waals surface area contributed by atoms with Gasteiger partial charge in [-0.2, -0.15) is 18.3 Å². The second kappa shape index (κ2) is 8.75. The van der Waals surface area contributed by atoms with Crippen molar-refractivity contribution < 1.29 is 27.5 Å². The van der Waals surface area contributed by atoms with Crippen LogP contribution in [-0.4, -0.2) is 41.8 Å². The predicted molar refractivity (Wildman–Crippen MR) is 123 cm³/mol. The zero-order valence-electron chi connectivity index (χ0n) is 19.0. The van der Waals surface area contributed by atoms with Crippen molar-refractivity contribution in [2.24, 2.45) is 0 Å². The molecule has 1 saturated heterocycles. The fraction of sp³-hybridized carbons (Fsp3) is 0.320. The summed E-state index contributed by atoms with van der Waals surface area (Å²) in [5.41, 5.74) is 0.354. The number of rotatable bonds is 4. The number of methoxy groups -OCH3 is 1. The molecule has 3 aromatic rings. The number of fused-ring (bicyclic) bond motifs is 1. The van der Waals surface area contributed by atoms with E-state index in [9.17, 15) is 22.8 Å². The van der Waals surface area contributed by atoms with E-state index in [0.29, 0.717) is 30.1 Å². The Bertz CT molecular complexity index is 1270. The highest BCUT2D eigenvalue weighted by Gasteiger charge is 2.43. The molecule has 0 atom stereocenters. The van der Waals surface area contributed by atoms with Crippen LogP contribution in [0.3, 0.4) is 0 Å². The first kappa shape index (κ1) is 22.9. The Morgan fingerprint density at radius 2 is 1.46 bits per heavy atom. The quantitative estimate of drug-likeness (QED) is 0.542. The highest BCUT2D eigenvalue weighted by Crippen LogP contribution is 2.37. The minimum Gasteiger partial charge on any atom is -0.497 e. The maximum atomic E-state index is 13.8. The molecule has 10 heteroatoms. The van der Waals surface area contributed by atoms with E-state index in [1.807, 2.05) is 0 Å². The van der Waals surface area contributed by atoms with Gasteiger partial charge in [0, 0.05) is 36.4 Å². The first-order valence-electron chi connectivity index (χ1n) is 11.3. The van der Waals surface area contributed by atoms with Gasteiger partial charge in [0.25, 0.3) is 5.91 Å². The number of amides is 2. The lowest BCUT2D eigenvalue weighted by atomic mass is 10.0. The monoisotopic (exact) mass is 484 g/mol. The fourth-order valence-electron chi connectivity index (χ4n) is 4.64. The van der Waals surface area contributed by atoms with Gasteiger partial charge >= 0.3 is 6.18 Å². The number of carbonyl (C=O) groups is 2. The second-order valence-corrected chi connectivity index (χ2v) is 8.51. The molecule has 0 aliphatic carbocycles. The third-order valence-corrected chi connectivity index (χ3v) is 6.40. The molecule has 0 radical (unpaired) electrons. The number of nitrogens with zero attached hydrogens (tertiary/aromatic N) is 4. The third kappa shape index (κ3) is 4.13. The smallest absolute Gasteiger partial charge is 0.435 e. The van der Waals surface area contributed by atoms with Gasteiger partial charge in [0.2, 0.25) is 5.91 Å². The van der Waals surface area contributed by atoms with E-state index in [-0.39, 0.29) is 30.1 Å². The van der Waals surface area contributed by atoms with Crippen molar-refractivity contribution in [2.75, 3.05) is 30.0 Å². The van der Waals surface area contributed by atoms with E-state index >= 15 is 0 Å². The van der Waals surface area contributed by atoms with Crippen molar-refractivity contribution in [2.45, 2.75) is 31.9 Å². The maximum absolute atomic E-state index is 13.8. The van der Waals surface area contributed by atoms with E-state index in [4.69, 9.17) is 4.74 Å². The van der Waals surface area contributed by atoms with Crippen molar-refractivity contribution in [3.8, 4) is 11.4 Å². The lowest BCUT2D eigenvalue weighted by Gasteiger charge is -2.30. The van der Waals surface area contributed by atoms with Crippen molar-refractivity contribution in [1.82, 2.24) is 9.78 Å². The number of hydrogen-bond donors (Lipinski definition) is 0. The molecule has 35 heavy (non-hydrogen) atoms. The van der Waals surface area contributed by atoms with Crippen LogP contribution in [0, 0.1) is 0 Å². The summed E-state index contributed by atoms with van der Waals surface area (Å²) in [6.07, 6.45) is -2.37. The highest BCUT2D eigenvalue weighted by atomic mass is 19.4. The molecule has 0 N–H and O–H groups in total. The average molecular weight is 484 g/mol. The van der Waals surface area contributed by atoms with Gasteiger partial charge in [0.1, 0.15) is 11.4 Å². The van der Waals surface area contributed by atoms with Crippen molar-refractivity contribution in [3.63, 3.8) is 0 Å². The molecule has 0 spiro atoms. The number of benzene rings is 2. The van der Waals surface area contributed by atoms with Gasteiger partial charge in [0.15, 0.2) is 5.69 Å². The molecule has 0 bridgehead atoms. The Hall–Kier alpha value is -3.82. The zero-order valence-corrected chi connectivity index (χ0v) is 19.0. The van der Waals surface area contributed by atoms with Crippen molar-refractivity contribution >= 4 is 23.2 Å². The summed E-state index contributed by atoms with van der Waals surface area (Å²) in [6.45, 7) is 0.733. The summed E-state index contributed by atoms with van der Waals surface area (Å²) in [7, 11) is 1.49. The lowest BCUT2D eigenvalue weighted by Crippen LogP contribution is -2.39.